The normalized spacial score (nSPS) is 47.8. The van der Waals surface area contributed by atoms with Gasteiger partial charge in [-0.2, -0.15) is 0 Å². The lowest BCUT2D eigenvalue weighted by atomic mass is 9.68. The maximum Gasteiger partial charge on any atom is 0.00672 e. The lowest BCUT2D eigenvalue weighted by Gasteiger charge is -2.39. The Labute approximate surface area is 94.8 Å². The molecule has 0 bridgehead atoms. The zero-order valence-corrected chi connectivity index (χ0v) is 10.4. The van der Waals surface area contributed by atoms with E-state index in [2.05, 4.69) is 13.8 Å². The molecule has 2 N–H and O–H groups in total. The van der Waals surface area contributed by atoms with Crippen molar-refractivity contribution in [2.75, 3.05) is 0 Å². The number of hydrogen-bond acceptors (Lipinski definition) is 1. The molecule has 2 rings (SSSR count). The molecule has 3 atom stereocenters. The van der Waals surface area contributed by atoms with Crippen molar-refractivity contribution in [3.8, 4) is 0 Å². The predicted octanol–water partition coefficient (Wildman–Crippen LogP) is 3.58. The van der Waals surface area contributed by atoms with Crippen LogP contribution in [-0.2, 0) is 0 Å². The van der Waals surface area contributed by atoms with E-state index in [9.17, 15) is 0 Å². The third-order valence-electron chi connectivity index (χ3n) is 5.03. The van der Waals surface area contributed by atoms with Gasteiger partial charge in [-0.1, -0.05) is 26.7 Å². The lowest BCUT2D eigenvalue weighted by molar-refractivity contribution is 0.141. The molecule has 1 heteroatoms. The van der Waals surface area contributed by atoms with E-state index in [1.54, 1.807) is 0 Å². The SMILES string of the molecule is CC1CCC(C2CCC(C)C(N)C2)CC1. The summed E-state index contributed by atoms with van der Waals surface area (Å²) < 4.78 is 0. The molecular weight excluding hydrogens is 182 g/mol. The smallest absolute Gasteiger partial charge is 0.00672 e. The average molecular weight is 209 g/mol. The Morgan fingerprint density at radius 2 is 1.40 bits per heavy atom. The van der Waals surface area contributed by atoms with Crippen molar-refractivity contribution >= 4 is 0 Å². The minimum Gasteiger partial charge on any atom is -0.327 e. The second-order valence-corrected chi connectivity index (χ2v) is 6.23. The van der Waals surface area contributed by atoms with Crippen molar-refractivity contribution in [2.24, 2.45) is 29.4 Å². The van der Waals surface area contributed by atoms with Crippen molar-refractivity contribution in [1.82, 2.24) is 0 Å². The van der Waals surface area contributed by atoms with Gasteiger partial charge < -0.3 is 5.73 Å². The first-order valence-corrected chi connectivity index (χ1v) is 6.92. The number of nitrogens with two attached hydrogens (primary N) is 1. The molecule has 0 aromatic carbocycles. The molecule has 0 saturated heterocycles. The van der Waals surface area contributed by atoms with Crippen molar-refractivity contribution in [2.45, 2.75) is 64.8 Å². The Morgan fingerprint density at radius 3 is 2.00 bits per heavy atom. The summed E-state index contributed by atoms with van der Waals surface area (Å²) in [5.74, 6) is 3.73. The van der Waals surface area contributed by atoms with Gasteiger partial charge in [0.2, 0.25) is 0 Å². The molecule has 0 aliphatic heterocycles. The van der Waals surface area contributed by atoms with E-state index in [-0.39, 0.29) is 0 Å². The van der Waals surface area contributed by atoms with Crippen LogP contribution in [0.3, 0.4) is 0 Å². The summed E-state index contributed by atoms with van der Waals surface area (Å²) in [7, 11) is 0. The minimum absolute atomic E-state index is 0.489. The first-order chi connectivity index (χ1) is 7.16. The molecule has 15 heavy (non-hydrogen) atoms. The molecule has 0 amide bonds. The fourth-order valence-corrected chi connectivity index (χ4v) is 3.58. The van der Waals surface area contributed by atoms with Gasteiger partial charge in [0.05, 0.1) is 0 Å². The molecular formula is C14H27N. The summed E-state index contributed by atoms with van der Waals surface area (Å²) >= 11 is 0. The molecule has 2 fully saturated rings. The topological polar surface area (TPSA) is 26.0 Å². The van der Waals surface area contributed by atoms with Gasteiger partial charge in [0.15, 0.2) is 0 Å². The molecule has 88 valence electrons. The maximum atomic E-state index is 6.20. The zero-order valence-electron chi connectivity index (χ0n) is 10.4. The van der Waals surface area contributed by atoms with Crippen LogP contribution in [0.15, 0.2) is 0 Å². The third kappa shape index (κ3) is 2.75. The van der Waals surface area contributed by atoms with Crippen LogP contribution in [0.5, 0.6) is 0 Å². The predicted molar refractivity (Wildman–Crippen MR) is 65.6 cm³/mol. The van der Waals surface area contributed by atoms with Crippen LogP contribution in [0.2, 0.25) is 0 Å². The minimum atomic E-state index is 0.489. The fraction of sp³-hybridized carbons (Fsp3) is 1.00. The van der Waals surface area contributed by atoms with Gasteiger partial charge in [0.1, 0.15) is 0 Å². The molecule has 0 spiro atoms. The van der Waals surface area contributed by atoms with Gasteiger partial charge >= 0.3 is 0 Å². The summed E-state index contributed by atoms with van der Waals surface area (Å²) in [4.78, 5) is 0. The van der Waals surface area contributed by atoms with Gasteiger partial charge in [-0.25, -0.2) is 0 Å². The van der Waals surface area contributed by atoms with E-state index < -0.39 is 0 Å². The lowest BCUT2D eigenvalue weighted by Crippen LogP contribution is -2.38. The Hall–Kier alpha value is -0.0400. The Morgan fingerprint density at radius 1 is 0.800 bits per heavy atom. The van der Waals surface area contributed by atoms with Crippen LogP contribution in [0.25, 0.3) is 0 Å². The molecule has 0 aromatic heterocycles. The first kappa shape index (κ1) is 11.4. The first-order valence-electron chi connectivity index (χ1n) is 6.92. The molecule has 3 unspecified atom stereocenters. The largest absolute Gasteiger partial charge is 0.327 e. The van der Waals surface area contributed by atoms with E-state index >= 15 is 0 Å². The molecule has 1 nitrogen and oxygen atoms in total. The standard InChI is InChI=1S/C14H27N/c1-10-3-6-12(7-4-10)13-8-5-11(2)14(15)9-13/h10-14H,3-9,15H2,1-2H3. The molecule has 0 radical (unpaired) electrons. The van der Waals surface area contributed by atoms with E-state index in [1.165, 1.54) is 44.9 Å². The maximum absolute atomic E-state index is 6.20. The third-order valence-corrected chi connectivity index (χ3v) is 5.03. The van der Waals surface area contributed by atoms with Crippen LogP contribution in [0.4, 0.5) is 0 Å². The molecule has 0 heterocycles. The molecule has 2 saturated carbocycles. The monoisotopic (exact) mass is 209 g/mol. The highest BCUT2D eigenvalue weighted by molar-refractivity contribution is 4.85. The molecule has 2 aliphatic rings. The highest BCUT2D eigenvalue weighted by Gasteiger charge is 2.31. The zero-order chi connectivity index (χ0) is 10.8. The van der Waals surface area contributed by atoms with E-state index in [0.717, 1.165) is 23.7 Å². The Kier molecular flexibility index (Phi) is 3.71. The molecule has 2 aliphatic carbocycles. The Bertz CT molecular complexity index is 194. The number of rotatable bonds is 1. The Balaban J connectivity index is 1.84. The van der Waals surface area contributed by atoms with E-state index in [4.69, 9.17) is 5.73 Å². The second-order valence-electron chi connectivity index (χ2n) is 6.23. The summed E-state index contributed by atoms with van der Waals surface area (Å²) in [5, 5.41) is 0. The second kappa shape index (κ2) is 4.86. The van der Waals surface area contributed by atoms with Crippen molar-refractivity contribution < 1.29 is 0 Å². The summed E-state index contributed by atoms with van der Waals surface area (Å²) in [6.45, 7) is 4.73. The van der Waals surface area contributed by atoms with Crippen LogP contribution in [0.1, 0.15) is 58.8 Å². The summed E-state index contributed by atoms with van der Waals surface area (Å²) in [6, 6.07) is 0.489. The van der Waals surface area contributed by atoms with Crippen molar-refractivity contribution in [3.05, 3.63) is 0 Å². The summed E-state index contributed by atoms with van der Waals surface area (Å²) in [5.41, 5.74) is 6.20. The van der Waals surface area contributed by atoms with E-state index in [0.29, 0.717) is 6.04 Å². The van der Waals surface area contributed by atoms with Gasteiger partial charge in [-0.3, -0.25) is 0 Å². The van der Waals surface area contributed by atoms with E-state index in [1.807, 2.05) is 0 Å². The van der Waals surface area contributed by atoms with Gasteiger partial charge in [-0.15, -0.1) is 0 Å². The van der Waals surface area contributed by atoms with Crippen LogP contribution < -0.4 is 5.73 Å². The quantitative estimate of drug-likeness (QED) is 0.702. The average Bonchev–Trinajstić information content (AvgIpc) is 2.23. The van der Waals surface area contributed by atoms with Crippen molar-refractivity contribution in [3.63, 3.8) is 0 Å². The van der Waals surface area contributed by atoms with Gasteiger partial charge in [-0.05, 0) is 55.8 Å². The van der Waals surface area contributed by atoms with Crippen LogP contribution in [0, 0.1) is 23.7 Å². The van der Waals surface area contributed by atoms with Crippen LogP contribution >= 0.6 is 0 Å². The fourth-order valence-electron chi connectivity index (χ4n) is 3.58. The number of hydrogen-bond donors (Lipinski definition) is 1. The summed E-state index contributed by atoms with van der Waals surface area (Å²) in [6.07, 6.45) is 10.0. The van der Waals surface area contributed by atoms with Gasteiger partial charge in [0.25, 0.3) is 0 Å². The van der Waals surface area contributed by atoms with Crippen molar-refractivity contribution in [1.29, 1.82) is 0 Å². The highest BCUT2D eigenvalue weighted by Crippen LogP contribution is 2.40. The van der Waals surface area contributed by atoms with Gasteiger partial charge in [0, 0.05) is 6.04 Å². The highest BCUT2D eigenvalue weighted by atomic mass is 14.7. The van der Waals surface area contributed by atoms with Crippen LogP contribution in [-0.4, -0.2) is 6.04 Å². The molecule has 0 aromatic rings.